The molecular weight excluding hydrogens is 420 g/mol. The molecule has 1 N–H and O–H groups in total. The zero-order chi connectivity index (χ0) is 23.0. The molecule has 1 fully saturated rings. The van der Waals surface area contributed by atoms with E-state index >= 15 is 0 Å². The van der Waals surface area contributed by atoms with Gasteiger partial charge in [-0.05, 0) is 81.9 Å². The molecule has 1 aliphatic heterocycles. The normalized spacial score (nSPS) is 18.2. The molecule has 166 valence electrons. The molecule has 1 aromatic carbocycles. The van der Waals surface area contributed by atoms with Crippen molar-refractivity contribution in [3.63, 3.8) is 0 Å². The van der Waals surface area contributed by atoms with Crippen LogP contribution in [0.2, 0.25) is 0 Å². The van der Waals surface area contributed by atoms with E-state index in [1.807, 2.05) is 42.6 Å². The van der Waals surface area contributed by atoms with Gasteiger partial charge in [-0.15, -0.1) is 0 Å². The first-order valence-corrected chi connectivity index (χ1v) is 11.1. The monoisotopic (exact) mass is 448 g/mol. The highest BCUT2D eigenvalue weighted by atomic mass is 32.1. The Balaban J connectivity index is 1.84. The lowest BCUT2D eigenvalue weighted by atomic mass is 9.96. The summed E-state index contributed by atoms with van der Waals surface area (Å²) in [6.07, 6.45) is 1.82. The Morgan fingerprint density at radius 2 is 1.94 bits per heavy atom. The molecule has 0 amide bonds. The number of ether oxygens (including phenoxy) is 1. The van der Waals surface area contributed by atoms with Crippen LogP contribution in [-0.4, -0.2) is 38.7 Å². The SMILES string of the molecule is COC(=O)c1cccc(-n2c(C)cc(C3C(c4ccccn4)NC(=S)N3C(C)C)c2C)c1. The van der Waals surface area contributed by atoms with E-state index < -0.39 is 0 Å². The van der Waals surface area contributed by atoms with E-state index in [1.165, 1.54) is 12.7 Å². The molecule has 6 nitrogen and oxygen atoms in total. The molecule has 4 rings (SSSR count). The average molecular weight is 449 g/mol. The van der Waals surface area contributed by atoms with Crippen molar-refractivity contribution in [1.82, 2.24) is 19.8 Å². The van der Waals surface area contributed by atoms with Crippen LogP contribution in [-0.2, 0) is 4.74 Å². The molecule has 0 bridgehead atoms. The number of hydrogen-bond donors (Lipinski definition) is 1. The van der Waals surface area contributed by atoms with Crippen LogP contribution in [0.4, 0.5) is 0 Å². The third kappa shape index (κ3) is 3.77. The van der Waals surface area contributed by atoms with Crippen LogP contribution in [0.25, 0.3) is 5.69 Å². The van der Waals surface area contributed by atoms with E-state index in [1.54, 1.807) is 6.07 Å². The minimum absolute atomic E-state index is 0.00106. The van der Waals surface area contributed by atoms with E-state index in [2.05, 4.69) is 53.5 Å². The van der Waals surface area contributed by atoms with Crippen molar-refractivity contribution in [3.8, 4) is 5.69 Å². The molecule has 0 aliphatic carbocycles. The van der Waals surface area contributed by atoms with E-state index in [4.69, 9.17) is 17.0 Å². The third-order valence-electron chi connectivity index (χ3n) is 6.01. The van der Waals surface area contributed by atoms with Gasteiger partial charge in [-0.2, -0.15) is 0 Å². The summed E-state index contributed by atoms with van der Waals surface area (Å²) < 4.78 is 7.08. The van der Waals surface area contributed by atoms with Gasteiger partial charge in [0.15, 0.2) is 5.11 Å². The van der Waals surface area contributed by atoms with Crippen molar-refractivity contribution in [2.75, 3.05) is 7.11 Å². The van der Waals surface area contributed by atoms with Crippen LogP contribution < -0.4 is 5.32 Å². The summed E-state index contributed by atoms with van der Waals surface area (Å²) in [4.78, 5) is 18.9. The van der Waals surface area contributed by atoms with Gasteiger partial charge >= 0.3 is 5.97 Å². The van der Waals surface area contributed by atoms with E-state index in [0.717, 1.165) is 27.9 Å². The van der Waals surface area contributed by atoms with Crippen molar-refractivity contribution in [3.05, 3.63) is 82.9 Å². The van der Waals surface area contributed by atoms with Gasteiger partial charge in [-0.25, -0.2) is 4.79 Å². The largest absolute Gasteiger partial charge is 0.465 e. The van der Waals surface area contributed by atoms with Crippen LogP contribution in [0.5, 0.6) is 0 Å². The standard InChI is InChI=1S/C25H28N4O2S/c1-15(2)28-23(22(27-25(28)32)21-11-6-7-12-26-21)20-13-16(3)29(17(20)4)19-10-8-9-18(14-19)24(30)31-5/h6-15,22-23H,1-5H3,(H,27,32). The zero-order valence-corrected chi connectivity index (χ0v) is 19.8. The first-order chi connectivity index (χ1) is 15.3. The molecule has 2 aromatic heterocycles. The zero-order valence-electron chi connectivity index (χ0n) is 19.0. The number of nitrogens with zero attached hydrogens (tertiary/aromatic N) is 3. The molecule has 1 aliphatic rings. The Morgan fingerprint density at radius 1 is 1.16 bits per heavy atom. The van der Waals surface area contributed by atoms with E-state index in [-0.39, 0.29) is 24.1 Å². The molecule has 2 unspecified atom stereocenters. The number of carbonyl (C=O) groups is 1. The second-order valence-corrected chi connectivity index (χ2v) is 8.72. The Labute approximate surface area is 194 Å². The van der Waals surface area contributed by atoms with Crippen LogP contribution in [0.3, 0.4) is 0 Å². The highest BCUT2D eigenvalue weighted by molar-refractivity contribution is 7.80. The molecule has 1 saturated heterocycles. The maximum atomic E-state index is 12.1. The molecule has 3 aromatic rings. The fourth-order valence-electron chi connectivity index (χ4n) is 4.63. The van der Waals surface area contributed by atoms with Gasteiger partial charge in [0.25, 0.3) is 0 Å². The van der Waals surface area contributed by atoms with Gasteiger partial charge in [-0.1, -0.05) is 12.1 Å². The number of pyridine rings is 1. The van der Waals surface area contributed by atoms with Gasteiger partial charge in [0.2, 0.25) is 0 Å². The summed E-state index contributed by atoms with van der Waals surface area (Å²) in [5.74, 6) is -0.346. The van der Waals surface area contributed by atoms with Crippen molar-refractivity contribution in [2.24, 2.45) is 0 Å². The van der Waals surface area contributed by atoms with Crippen molar-refractivity contribution in [2.45, 2.75) is 45.8 Å². The number of methoxy groups -OCH3 is 1. The minimum atomic E-state index is -0.346. The fraction of sp³-hybridized carbons (Fsp3) is 0.320. The molecule has 7 heteroatoms. The first kappa shape index (κ1) is 22.0. The smallest absolute Gasteiger partial charge is 0.337 e. The third-order valence-corrected chi connectivity index (χ3v) is 6.33. The van der Waals surface area contributed by atoms with E-state index in [9.17, 15) is 4.79 Å². The fourth-order valence-corrected chi connectivity index (χ4v) is 5.08. The number of aromatic nitrogens is 2. The summed E-state index contributed by atoms with van der Waals surface area (Å²) in [5.41, 5.74) is 5.78. The molecule has 3 heterocycles. The summed E-state index contributed by atoms with van der Waals surface area (Å²) in [6.45, 7) is 8.50. The maximum absolute atomic E-state index is 12.1. The number of benzene rings is 1. The summed E-state index contributed by atoms with van der Waals surface area (Å²) in [6, 6.07) is 15.9. The Morgan fingerprint density at radius 3 is 2.59 bits per heavy atom. The molecular formula is C25H28N4O2S. The number of thiocarbonyl (C=S) groups is 1. The Hall–Kier alpha value is -3.19. The van der Waals surface area contributed by atoms with Crippen LogP contribution in [0.15, 0.2) is 54.7 Å². The quantitative estimate of drug-likeness (QED) is 0.453. The summed E-state index contributed by atoms with van der Waals surface area (Å²) in [5, 5.41) is 4.24. The number of carbonyl (C=O) groups excluding carboxylic acids is 1. The van der Waals surface area contributed by atoms with Crippen LogP contribution in [0.1, 0.15) is 58.9 Å². The second kappa shape index (κ2) is 8.74. The molecule has 0 saturated carbocycles. The lowest BCUT2D eigenvalue weighted by molar-refractivity contribution is 0.0600. The average Bonchev–Trinajstić information content (AvgIpc) is 3.29. The van der Waals surface area contributed by atoms with Crippen LogP contribution in [0, 0.1) is 13.8 Å². The molecule has 2 atom stereocenters. The van der Waals surface area contributed by atoms with Gasteiger partial charge < -0.3 is 19.5 Å². The number of rotatable bonds is 5. The molecule has 0 radical (unpaired) electrons. The maximum Gasteiger partial charge on any atom is 0.337 e. The highest BCUT2D eigenvalue weighted by Crippen LogP contribution is 2.42. The summed E-state index contributed by atoms with van der Waals surface area (Å²) >= 11 is 5.74. The number of nitrogens with one attached hydrogen (secondary N) is 1. The van der Waals surface area contributed by atoms with Gasteiger partial charge in [0.1, 0.15) is 0 Å². The highest BCUT2D eigenvalue weighted by Gasteiger charge is 2.42. The minimum Gasteiger partial charge on any atom is -0.465 e. The molecule has 32 heavy (non-hydrogen) atoms. The number of esters is 1. The van der Waals surface area contributed by atoms with E-state index in [0.29, 0.717) is 5.56 Å². The van der Waals surface area contributed by atoms with Crippen molar-refractivity contribution in [1.29, 1.82) is 0 Å². The second-order valence-electron chi connectivity index (χ2n) is 8.33. The number of aryl methyl sites for hydroxylation is 1. The first-order valence-electron chi connectivity index (χ1n) is 10.7. The van der Waals surface area contributed by atoms with Gasteiger partial charge in [0.05, 0.1) is 30.5 Å². The van der Waals surface area contributed by atoms with Crippen molar-refractivity contribution < 1.29 is 9.53 Å². The van der Waals surface area contributed by atoms with Crippen LogP contribution >= 0.6 is 12.2 Å². The Bertz CT molecular complexity index is 1160. The topological polar surface area (TPSA) is 59.4 Å². The predicted octanol–water partition coefficient (Wildman–Crippen LogP) is 4.66. The van der Waals surface area contributed by atoms with Crippen molar-refractivity contribution >= 4 is 23.3 Å². The van der Waals surface area contributed by atoms with Gasteiger partial charge in [-0.3, -0.25) is 4.98 Å². The lowest BCUT2D eigenvalue weighted by Gasteiger charge is -2.31. The van der Waals surface area contributed by atoms with Gasteiger partial charge in [0, 0.05) is 29.3 Å². The predicted molar refractivity (Wildman–Crippen MR) is 129 cm³/mol. The number of hydrogen-bond acceptors (Lipinski definition) is 4. The molecule has 0 spiro atoms. The lowest BCUT2D eigenvalue weighted by Crippen LogP contribution is -2.35. The Kier molecular flexibility index (Phi) is 6.02. The summed E-state index contributed by atoms with van der Waals surface area (Å²) in [7, 11) is 1.40.